The molecule has 0 aromatic heterocycles. The molecule has 1 fully saturated rings. The Labute approximate surface area is 107 Å². The number of unbranched alkanes of at least 4 members (excludes halogenated alkanes) is 1. The minimum atomic E-state index is -1.28. The van der Waals surface area contributed by atoms with Crippen LogP contribution in [0.5, 0.6) is 0 Å². The summed E-state index contributed by atoms with van der Waals surface area (Å²) in [6.07, 6.45) is 0.126. The maximum Gasteiger partial charge on any atom is 0.410 e. The van der Waals surface area contributed by atoms with E-state index >= 15 is 0 Å². The van der Waals surface area contributed by atoms with Crippen molar-refractivity contribution in [2.45, 2.75) is 57.7 Å². The summed E-state index contributed by atoms with van der Waals surface area (Å²) in [4.78, 5) is 24.1. The van der Waals surface area contributed by atoms with Crippen LogP contribution in [0.1, 0.15) is 46.0 Å². The lowest BCUT2D eigenvalue weighted by molar-refractivity contribution is -0.159. The Hall–Kier alpha value is -1.30. The lowest BCUT2D eigenvalue weighted by atomic mass is 9.93. The van der Waals surface area contributed by atoms with Crippen LogP contribution in [0.25, 0.3) is 0 Å². The highest BCUT2D eigenvalue weighted by Gasteiger charge is 2.53. The van der Waals surface area contributed by atoms with Crippen LogP contribution in [0.4, 0.5) is 4.79 Å². The summed E-state index contributed by atoms with van der Waals surface area (Å²) in [6.45, 7) is 4.00. The van der Waals surface area contributed by atoms with Crippen LogP contribution in [0.15, 0.2) is 0 Å². The summed E-state index contributed by atoms with van der Waals surface area (Å²) in [6, 6.07) is 0. The summed E-state index contributed by atoms with van der Waals surface area (Å²) in [5.74, 6) is -0.544. The first-order valence-corrected chi connectivity index (χ1v) is 6.37. The predicted octanol–water partition coefficient (Wildman–Crippen LogP) is 1.57. The minimum absolute atomic E-state index is 0.267. The van der Waals surface area contributed by atoms with Gasteiger partial charge in [0.25, 0.3) is 0 Å². The first-order valence-electron chi connectivity index (χ1n) is 6.37. The van der Waals surface area contributed by atoms with Crippen molar-refractivity contribution in [3.05, 3.63) is 0 Å². The number of carbonyl (C=O) groups is 2. The van der Waals surface area contributed by atoms with E-state index in [2.05, 4.69) is 0 Å². The Morgan fingerprint density at radius 2 is 2.11 bits per heavy atom. The van der Waals surface area contributed by atoms with Gasteiger partial charge in [0.1, 0.15) is 11.8 Å². The van der Waals surface area contributed by atoms with Gasteiger partial charge in [-0.2, -0.15) is 0 Å². The number of rotatable bonds is 5. The van der Waals surface area contributed by atoms with E-state index in [0.717, 1.165) is 17.7 Å². The second kappa shape index (κ2) is 6.04. The Bertz CT molecular complexity index is 320. The standard InChI is InChI=1S/C12H21NO5/c1-3-5-8-18-10(15)12(4-2)7-6-9(14)13(12)11(16)17/h9,14H,3-8H2,1-2H3,(H,16,17). The molecule has 1 rings (SSSR count). The number of aliphatic hydroxyl groups is 1. The van der Waals surface area contributed by atoms with E-state index in [4.69, 9.17) is 9.84 Å². The number of carbonyl (C=O) groups excluding carboxylic acids is 1. The number of nitrogens with zero attached hydrogens (tertiary/aromatic N) is 1. The van der Waals surface area contributed by atoms with Crippen molar-refractivity contribution in [3.63, 3.8) is 0 Å². The molecule has 18 heavy (non-hydrogen) atoms. The molecule has 1 saturated heterocycles. The lowest BCUT2D eigenvalue weighted by Crippen LogP contribution is -2.55. The number of hydrogen-bond donors (Lipinski definition) is 2. The molecule has 1 amide bonds. The molecular weight excluding hydrogens is 238 g/mol. The quantitative estimate of drug-likeness (QED) is 0.578. The van der Waals surface area contributed by atoms with Gasteiger partial charge in [0.15, 0.2) is 0 Å². The molecule has 1 aliphatic rings. The molecule has 0 saturated carbocycles. The molecule has 104 valence electrons. The largest absolute Gasteiger partial charge is 0.465 e. The third-order valence-corrected chi connectivity index (χ3v) is 3.48. The van der Waals surface area contributed by atoms with Crippen molar-refractivity contribution in [2.75, 3.05) is 6.61 Å². The van der Waals surface area contributed by atoms with Crippen LogP contribution in [-0.2, 0) is 9.53 Å². The van der Waals surface area contributed by atoms with Crippen molar-refractivity contribution in [2.24, 2.45) is 0 Å². The Morgan fingerprint density at radius 1 is 1.44 bits per heavy atom. The number of esters is 1. The van der Waals surface area contributed by atoms with E-state index in [0.29, 0.717) is 19.4 Å². The van der Waals surface area contributed by atoms with Gasteiger partial charge < -0.3 is 14.9 Å². The number of ether oxygens (including phenoxy) is 1. The highest BCUT2D eigenvalue weighted by atomic mass is 16.5. The summed E-state index contributed by atoms with van der Waals surface area (Å²) in [5, 5.41) is 18.8. The molecule has 6 nitrogen and oxygen atoms in total. The zero-order valence-corrected chi connectivity index (χ0v) is 10.9. The number of amides is 1. The topological polar surface area (TPSA) is 87.1 Å². The molecule has 1 aliphatic heterocycles. The summed E-state index contributed by atoms with van der Waals surface area (Å²) in [5.41, 5.74) is -1.22. The highest BCUT2D eigenvalue weighted by molar-refractivity contribution is 5.86. The van der Waals surface area contributed by atoms with Gasteiger partial charge >= 0.3 is 12.1 Å². The number of carboxylic acid groups (broad SMARTS) is 1. The molecule has 0 radical (unpaired) electrons. The Kier molecular flexibility index (Phi) is 4.95. The second-order valence-electron chi connectivity index (χ2n) is 4.55. The third-order valence-electron chi connectivity index (χ3n) is 3.48. The molecule has 2 atom stereocenters. The SMILES string of the molecule is CCCCOC(=O)C1(CC)CCC(O)N1C(=O)O. The van der Waals surface area contributed by atoms with Crippen molar-refractivity contribution in [1.29, 1.82) is 0 Å². The zero-order valence-electron chi connectivity index (χ0n) is 10.9. The van der Waals surface area contributed by atoms with Crippen LogP contribution in [-0.4, -0.2) is 45.5 Å². The molecule has 0 bridgehead atoms. The van der Waals surface area contributed by atoms with Gasteiger partial charge in [-0.05, 0) is 25.7 Å². The lowest BCUT2D eigenvalue weighted by Gasteiger charge is -2.34. The summed E-state index contributed by atoms with van der Waals surface area (Å²) in [7, 11) is 0. The predicted molar refractivity (Wildman–Crippen MR) is 64.0 cm³/mol. The number of hydrogen-bond acceptors (Lipinski definition) is 4. The van der Waals surface area contributed by atoms with E-state index in [9.17, 15) is 14.7 Å². The normalized spacial score (nSPS) is 27.3. The fraction of sp³-hybridized carbons (Fsp3) is 0.833. The van der Waals surface area contributed by atoms with Gasteiger partial charge in [0.05, 0.1) is 6.61 Å². The maximum absolute atomic E-state index is 12.1. The van der Waals surface area contributed by atoms with Crippen molar-refractivity contribution in [3.8, 4) is 0 Å². The van der Waals surface area contributed by atoms with E-state index < -0.39 is 23.8 Å². The molecule has 0 aliphatic carbocycles. The van der Waals surface area contributed by atoms with Gasteiger partial charge in [-0.25, -0.2) is 9.59 Å². The van der Waals surface area contributed by atoms with Crippen molar-refractivity contribution in [1.82, 2.24) is 4.90 Å². The van der Waals surface area contributed by atoms with Crippen LogP contribution in [0.2, 0.25) is 0 Å². The smallest absolute Gasteiger partial charge is 0.410 e. The maximum atomic E-state index is 12.1. The van der Waals surface area contributed by atoms with Gasteiger partial charge in [0.2, 0.25) is 0 Å². The molecule has 0 aromatic rings. The van der Waals surface area contributed by atoms with Gasteiger partial charge in [0, 0.05) is 0 Å². The van der Waals surface area contributed by atoms with Gasteiger partial charge in [-0.15, -0.1) is 0 Å². The molecule has 6 heteroatoms. The third kappa shape index (κ3) is 2.58. The van der Waals surface area contributed by atoms with E-state index in [-0.39, 0.29) is 6.42 Å². The first-order chi connectivity index (χ1) is 8.49. The van der Waals surface area contributed by atoms with E-state index in [1.807, 2.05) is 6.92 Å². The second-order valence-corrected chi connectivity index (χ2v) is 4.55. The fourth-order valence-electron chi connectivity index (χ4n) is 2.35. The average Bonchev–Trinajstić information content (AvgIpc) is 2.67. The van der Waals surface area contributed by atoms with Crippen LogP contribution >= 0.6 is 0 Å². The van der Waals surface area contributed by atoms with E-state index in [1.165, 1.54) is 0 Å². The number of likely N-dealkylation sites (tertiary alicyclic amines) is 1. The summed E-state index contributed by atoms with van der Waals surface area (Å²) >= 11 is 0. The van der Waals surface area contributed by atoms with E-state index in [1.54, 1.807) is 6.92 Å². The zero-order chi connectivity index (χ0) is 13.8. The summed E-state index contributed by atoms with van der Waals surface area (Å²) < 4.78 is 5.13. The Balaban J connectivity index is 2.83. The first kappa shape index (κ1) is 14.8. The molecule has 2 N–H and O–H groups in total. The fourth-order valence-corrected chi connectivity index (χ4v) is 2.35. The van der Waals surface area contributed by atoms with Crippen molar-refractivity contribution < 1.29 is 24.5 Å². The van der Waals surface area contributed by atoms with Gasteiger partial charge in [-0.3, -0.25) is 4.90 Å². The molecule has 0 spiro atoms. The molecule has 2 unspecified atom stereocenters. The minimum Gasteiger partial charge on any atom is -0.465 e. The van der Waals surface area contributed by atoms with Crippen LogP contribution in [0.3, 0.4) is 0 Å². The Morgan fingerprint density at radius 3 is 2.61 bits per heavy atom. The van der Waals surface area contributed by atoms with Crippen LogP contribution < -0.4 is 0 Å². The average molecular weight is 259 g/mol. The van der Waals surface area contributed by atoms with Crippen molar-refractivity contribution >= 4 is 12.1 Å². The monoisotopic (exact) mass is 259 g/mol. The molecular formula is C12H21NO5. The number of aliphatic hydroxyl groups excluding tert-OH is 1. The van der Waals surface area contributed by atoms with Gasteiger partial charge in [-0.1, -0.05) is 20.3 Å². The van der Waals surface area contributed by atoms with Crippen LogP contribution in [0, 0.1) is 0 Å². The highest BCUT2D eigenvalue weighted by Crippen LogP contribution is 2.37. The molecule has 0 aromatic carbocycles. The molecule has 1 heterocycles.